The van der Waals surface area contributed by atoms with Gasteiger partial charge in [-0.15, -0.1) is 0 Å². The lowest BCUT2D eigenvalue weighted by atomic mass is 10.5. The number of nitrogens with zero attached hydrogens (tertiary/aromatic N) is 3. The third-order valence-electron chi connectivity index (χ3n) is 1.43. The Balaban J connectivity index is 2.15. The minimum absolute atomic E-state index is 0.358. The Kier molecular flexibility index (Phi) is 1.91. The third-order valence-corrected chi connectivity index (χ3v) is 1.43. The maximum Gasteiger partial charge on any atom is 0.327 e. The highest BCUT2D eigenvalue weighted by molar-refractivity contribution is 5.44. The lowest BCUT2D eigenvalue weighted by Crippen LogP contribution is -1.92. The fourth-order valence-corrected chi connectivity index (χ4v) is 0.894. The number of nitrogens with one attached hydrogen (secondary N) is 1. The van der Waals surface area contributed by atoms with Crippen LogP contribution >= 0.6 is 0 Å². The summed E-state index contributed by atoms with van der Waals surface area (Å²) in [6.45, 7) is 1.76. The van der Waals surface area contributed by atoms with Gasteiger partial charge in [0.25, 0.3) is 0 Å². The Hall–Kier alpha value is -1.91. The van der Waals surface area contributed by atoms with Gasteiger partial charge in [0.15, 0.2) is 5.82 Å². The van der Waals surface area contributed by atoms with Crippen LogP contribution in [0.1, 0.15) is 5.82 Å². The van der Waals surface area contributed by atoms with Gasteiger partial charge in [0.1, 0.15) is 5.82 Å². The van der Waals surface area contributed by atoms with Crippen LogP contribution in [0.4, 0.5) is 11.8 Å². The van der Waals surface area contributed by atoms with E-state index in [4.69, 9.17) is 4.52 Å². The predicted octanol–water partition coefficient (Wildman–Crippen LogP) is 1.52. The van der Waals surface area contributed by atoms with Crippen LogP contribution in [0.5, 0.6) is 0 Å². The van der Waals surface area contributed by atoms with Gasteiger partial charge in [0.2, 0.25) is 0 Å². The van der Waals surface area contributed by atoms with Crippen molar-refractivity contribution in [2.24, 2.45) is 0 Å². The Morgan fingerprint density at radius 2 is 2.31 bits per heavy atom. The van der Waals surface area contributed by atoms with Gasteiger partial charge in [0.05, 0.1) is 0 Å². The molecule has 2 heterocycles. The SMILES string of the molecule is Cc1noc(Nc2ccccn2)n1. The van der Waals surface area contributed by atoms with Gasteiger partial charge in [-0.1, -0.05) is 11.2 Å². The Morgan fingerprint density at radius 1 is 1.38 bits per heavy atom. The first-order chi connectivity index (χ1) is 6.34. The molecule has 0 atom stereocenters. The summed E-state index contributed by atoms with van der Waals surface area (Å²) in [4.78, 5) is 8.02. The lowest BCUT2D eigenvalue weighted by Gasteiger charge is -1.96. The molecule has 0 fully saturated rings. The zero-order valence-electron chi connectivity index (χ0n) is 7.06. The molecule has 2 rings (SSSR count). The molecule has 0 aliphatic rings. The topological polar surface area (TPSA) is 63.8 Å². The Labute approximate surface area is 74.8 Å². The molecule has 13 heavy (non-hydrogen) atoms. The first-order valence-corrected chi connectivity index (χ1v) is 3.83. The number of aryl methyl sites for hydroxylation is 1. The molecule has 0 saturated heterocycles. The first kappa shape index (κ1) is 7.72. The average Bonchev–Trinajstić information content (AvgIpc) is 2.53. The summed E-state index contributed by atoms with van der Waals surface area (Å²) in [5.74, 6) is 1.28. The van der Waals surface area contributed by atoms with Gasteiger partial charge in [-0.05, 0) is 19.1 Å². The van der Waals surface area contributed by atoms with Crippen LogP contribution in [0, 0.1) is 6.92 Å². The van der Waals surface area contributed by atoms with Crippen molar-refractivity contribution in [1.82, 2.24) is 15.1 Å². The molecule has 66 valence electrons. The summed E-state index contributed by atoms with van der Waals surface area (Å²) >= 11 is 0. The molecule has 0 aliphatic carbocycles. The number of rotatable bonds is 2. The van der Waals surface area contributed by atoms with Gasteiger partial charge < -0.3 is 4.52 Å². The molecule has 0 amide bonds. The van der Waals surface area contributed by atoms with Crippen molar-refractivity contribution in [3.8, 4) is 0 Å². The minimum atomic E-state index is 0.358. The van der Waals surface area contributed by atoms with E-state index in [0.717, 1.165) is 0 Å². The normalized spacial score (nSPS) is 9.92. The number of hydrogen-bond donors (Lipinski definition) is 1. The molecule has 0 aliphatic heterocycles. The van der Waals surface area contributed by atoms with E-state index in [0.29, 0.717) is 17.7 Å². The zero-order valence-corrected chi connectivity index (χ0v) is 7.06. The van der Waals surface area contributed by atoms with Gasteiger partial charge >= 0.3 is 6.01 Å². The van der Waals surface area contributed by atoms with Crippen LogP contribution in [-0.4, -0.2) is 15.1 Å². The van der Waals surface area contributed by atoms with Gasteiger partial charge in [0, 0.05) is 6.20 Å². The Bertz CT molecular complexity index is 384. The van der Waals surface area contributed by atoms with Crippen molar-refractivity contribution in [1.29, 1.82) is 0 Å². The minimum Gasteiger partial charge on any atom is -0.315 e. The summed E-state index contributed by atoms with van der Waals surface area (Å²) in [5, 5.41) is 6.51. The second-order valence-electron chi connectivity index (χ2n) is 2.49. The molecule has 1 N–H and O–H groups in total. The van der Waals surface area contributed by atoms with E-state index in [-0.39, 0.29) is 0 Å². The maximum atomic E-state index is 4.86. The number of anilines is 2. The second-order valence-corrected chi connectivity index (χ2v) is 2.49. The second kappa shape index (κ2) is 3.22. The highest BCUT2D eigenvalue weighted by Gasteiger charge is 2.01. The highest BCUT2D eigenvalue weighted by Crippen LogP contribution is 2.09. The quantitative estimate of drug-likeness (QED) is 0.751. The van der Waals surface area contributed by atoms with E-state index < -0.39 is 0 Å². The number of aromatic nitrogens is 3. The molecule has 0 unspecified atom stereocenters. The van der Waals surface area contributed by atoms with E-state index in [2.05, 4.69) is 20.4 Å². The Morgan fingerprint density at radius 3 is 2.92 bits per heavy atom. The average molecular weight is 176 g/mol. The number of pyridine rings is 1. The van der Waals surface area contributed by atoms with Crippen LogP contribution in [-0.2, 0) is 0 Å². The van der Waals surface area contributed by atoms with Gasteiger partial charge in [-0.25, -0.2) is 4.98 Å². The lowest BCUT2D eigenvalue weighted by molar-refractivity contribution is 0.428. The summed E-state index contributed by atoms with van der Waals surface area (Å²) < 4.78 is 4.86. The van der Waals surface area contributed by atoms with Crippen molar-refractivity contribution in [3.05, 3.63) is 30.2 Å². The van der Waals surface area contributed by atoms with E-state index in [1.807, 2.05) is 18.2 Å². The summed E-state index contributed by atoms with van der Waals surface area (Å²) in [7, 11) is 0. The molecule has 0 saturated carbocycles. The largest absolute Gasteiger partial charge is 0.327 e. The van der Waals surface area contributed by atoms with Gasteiger partial charge in [-0.3, -0.25) is 5.32 Å². The van der Waals surface area contributed by atoms with Gasteiger partial charge in [-0.2, -0.15) is 4.98 Å². The summed E-state index contributed by atoms with van der Waals surface area (Å²) in [6.07, 6.45) is 1.69. The highest BCUT2D eigenvalue weighted by atomic mass is 16.5. The molecule has 0 aromatic carbocycles. The van der Waals surface area contributed by atoms with E-state index >= 15 is 0 Å². The van der Waals surface area contributed by atoms with Crippen molar-refractivity contribution in [3.63, 3.8) is 0 Å². The van der Waals surface area contributed by atoms with Crippen molar-refractivity contribution < 1.29 is 4.52 Å². The van der Waals surface area contributed by atoms with E-state index in [9.17, 15) is 0 Å². The smallest absolute Gasteiger partial charge is 0.315 e. The van der Waals surface area contributed by atoms with E-state index in [1.165, 1.54) is 0 Å². The fraction of sp³-hybridized carbons (Fsp3) is 0.125. The maximum absolute atomic E-state index is 4.86. The van der Waals surface area contributed by atoms with Crippen LogP contribution in [0.3, 0.4) is 0 Å². The molecule has 5 nitrogen and oxygen atoms in total. The van der Waals surface area contributed by atoms with Crippen molar-refractivity contribution in [2.45, 2.75) is 6.92 Å². The third kappa shape index (κ3) is 1.81. The van der Waals surface area contributed by atoms with Crippen molar-refractivity contribution in [2.75, 3.05) is 5.32 Å². The predicted molar refractivity (Wildman–Crippen MR) is 46.6 cm³/mol. The molecule has 2 aromatic rings. The molecule has 0 bridgehead atoms. The summed E-state index contributed by atoms with van der Waals surface area (Å²) in [6, 6.07) is 5.89. The van der Waals surface area contributed by atoms with E-state index in [1.54, 1.807) is 13.1 Å². The van der Waals surface area contributed by atoms with Crippen LogP contribution in [0.15, 0.2) is 28.9 Å². The standard InChI is InChI=1S/C8H8N4O/c1-6-10-8(13-12-6)11-7-4-2-3-5-9-7/h2-5H,1H3,(H,9,10,11,12). The monoisotopic (exact) mass is 176 g/mol. The molecule has 0 radical (unpaired) electrons. The summed E-state index contributed by atoms with van der Waals surface area (Å²) in [5.41, 5.74) is 0. The fourth-order valence-electron chi connectivity index (χ4n) is 0.894. The molecular formula is C8H8N4O. The van der Waals surface area contributed by atoms with Crippen LogP contribution in [0.25, 0.3) is 0 Å². The molecular weight excluding hydrogens is 168 g/mol. The van der Waals surface area contributed by atoms with Crippen LogP contribution in [0.2, 0.25) is 0 Å². The molecule has 5 heteroatoms. The number of hydrogen-bond acceptors (Lipinski definition) is 5. The molecule has 0 spiro atoms. The van der Waals surface area contributed by atoms with Crippen LogP contribution < -0.4 is 5.32 Å². The van der Waals surface area contributed by atoms with Crippen molar-refractivity contribution >= 4 is 11.8 Å². The zero-order chi connectivity index (χ0) is 9.10. The first-order valence-electron chi connectivity index (χ1n) is 3.83. The molecule has 2 aromatic heterocycles.